The monoisotopic (exact) mass is 411 g/mol. The van der Waals surface area contributed by atoms with E-state index >= 15 is 0 Å². The summed E-state index contributed by atoms with van der Waals surface area (Å²) in [5.74, 6) is -0.0666. The van der Waals surface area contributed by atoms with E-state index in [2.05, 4.69) is 6.07 Å². The molecule has 0 aromatic heterocycles. The number of amides is 2. The molecule has 2 N–H and O–H groups in total. The molecular weight excluding hydrogens is 385 g/mol. The molecule has 2 unspecified atom stereocenters. The van der Waals surface area contributed by atoms with E-state index in [1.54, 1.807) is 28.0 Å². The number of benzene rings is 1. The Morgan fingerprint density at radius 2 is 2.10 bits per heavy atom. The minimum Gasteiger partial charge on any atom is -0.330 e. The lowest BCUT2D eigenvalue weighted by Gasteiger charge is -2.38. The van der Waals surface area contributed by atoms with Crippen molar-refractivity contribution in [2.75, 3.05) is 13.1 Å². The van der Waals surface area contributed by atoms with E-state index in [1.165, 1.54) is 6.07 Å². The van der Waals surface area contributed by atoms with E-state index in [0.717, 1.165) is 12.8 Å². The average molecular weight is 411 g/mol. The first-order valence-corrected chi connectivity index (χ1v) is 10.7. The van der Waals surface area contributed by atoms with Gasteiger partial charge >= 0.3 is 0 Å². The molecule has 8 heteroatoms. The smallest absolute Gasteiger partial charge is 0.242 e. The van der Waals surface area contributed by atoms with Gasteiger partial charge in [0.2, 0.25) is 11.8 Å². The van der Waals surface area contributed by atoms with Crippen LogP contribution in [0.3, 0.4) is 0 Å². The highest BCUT2D eigenvalue weighted by molar-refractivity contribution is 5.87. The number of hydrogen-bond acceptors (Lipinski definition) is 5. The molecule has 158 valence electrons. The van der Waals surface area contributed by atoms with Crippen LogP contribution in [0.1, 0.15) is 37.8 Å². The number of piperidine rings is 1. The predicted molar refractivity (Wildman–Crippen MR) is 106 cm³/mol. The van der Waals surface area contributed by atoms with Crippen LogP contribution in [0.15, 0.2) is 24.3 Å². The third-order valence-electron chi connectivity index (χ3n) is 7.34. The zero-order valence-electron chi connectivity index (χ0n) is 16.9. The molecule has 0 radical (unpaired) electrons. The van der Waals surface area contributed by atoms with Crippen molar-refractivity contribution >= 4 is 11.8 Å². The largest absolute Gasteiger partial charge is 0.330 e. The minimum atomic E-state index is -0.746. The zero-order chi connectivity index (χ0) is 21.2. The highest BCUT2D eigenvalue weighted by Gasteiger charge is 2.56. The van der Waals surface area contributed by atoms with Gasteiger partial charge in [0.1, 0.15) is 11.9 Å². The number of piperazine rings is 1. The van der Waals surface area contributed by atoms with Gasteiger partial charge in [0.25, 0.3) is 0 Å². The highest BCUT2D eigenvalue weighted by atomic mass is 19.1. The topological polar surface area (TPSA) is 93.7 Å². The van der Waals surface area contributed by atoms with Crippen LogP contribution in [0.2, 0.25) is 0 Å². The number of fused-ring (bicyclic) bond motifs is 3. The first-order valence-electron chi connectivity index (χ1n) is 10.7. The summed E-state index contributed by atoms with van der Waals surface area (Å²) in [6, 6.07) is 7.17. The molecule has 4 fully saturated rings. The quantitative estimate of drug-likeness (QED) is 0.781. The summed E-state index contributed by atoms with van der Waals surface area (Å²) in [4.78, 5) is 31.4. The van der Waals surface area contributed by atoms with Crippen molar-refractivity contribution in [3.05, 3.63) is 35.6 Å². The van der Waals surface area contributed by atoms with Gasteiger partial charge in [-0.05, 0) is 38.2 Å². The van der Waals surface area contributed by atoms with Crippen LogP contribution < -0.4 is 5.73 Å². The van der Waals surface area contributed by atoms with Gasteiger partial charge in [0.15, 0.2) is 0 Å². The van der Waals surface area contributed by atoms with Gasteiger partial charge < -0.3 is 15.5 Å². The number of nitriles is 1. The molecule has 7 nitrogen and oxygen atoms in total. The zero-order valence-corrected chi connectivity index (χ0v) is 16.9. The third kappa shape index (κ3) is 2.91. The number of nitrogens with two attached hydrogens (primary N) is 1. The van der Waals surface area contributed by atoms with Crippen molar-refractivity contribution in [3.63, 3.8) is 0 Å². The van der Waals surface area contributed by atoms with E-state index in [4.69, 9.17) is 5.73 Å². The maximum atomic E-state index is 14.2. The van der Waals surface area contributed by atoms with Crippen LogP contribution in [0.5, 0.6) is 0 Å². The van der Waals surface area contributed by atoms with Crippen molar-refractivity contribution in [2.45, 2.75) is 62.4 Å². The number of halogens is 1. The van der Waals surface area contributed by atoms with E-state index in [0.29, 0.717) is 31.0 Å². The fourth-order valence-corrected chi connectivity index (χ4v) is 5.77. The Labute approximate surface area is 175 Å². The molecule has 1 saturated carbocycles. The Balaban J connectivity index is 1.24. The summed E-state index contributed by atoms with van der Waals surface area (Å²) in [7, 11) is 0. The van der Waals surface area contributed by atoms with E-state index in [9.17, 15) is 19.2 Å². The van der Waals surface area contributed by atoms with Crippen LogP contribution in [0.4, 0.5) is 4.39 Å². The molecular formula is C22H26FN5O2. The molecule has 1 aromatic rings. The first kappa shape index (κ1) is 19.5. The van der Waals surface area contributed by atoms with Crippen molar-refractivity contribution in [1.29, 1.82) is 5.26 Å². The number of nitrogens with zero attached hydrogens (tertiary/aromatic N) is 4. The number of likely N-dealkylation sites (tertiary alicyclic amines) is 3. The second kappa shape index (κ2) is 7.03. The molecule has 5 rings (SSSR count). The van der Waals surface area contributed by atoms with E-state index < -0.39 is 6.04 Å². The fourth-order valence-electron chi connectivity index (χ4n) is 5.77. The Morgan fingerprint density at radius 1 is 1.33 bits per heavy atom. The number of rotatable bonds is 5. The SMILES string of the molecule is C[C@@H](c1ccccc1F)N1C(=O)[C@H]2CC1CN2C[C@H](N)C(=O)N1[C@H](C#N)CC2C[C@@H]21. The Hall–Kier alpha value is -2.50. The molecule has 3 saturated heterocycles. The van der Waals surface area contributed by atoms with Gasteiger partial charge in [-0.25, -0.2) is 4.39 Å². The van der Waals surface area contributed by atoms with Gasteiger partial charge in [-0.3, -0.25) is 14.5 Å². The molecule has 30 heavy (non-hydrogen) atoms. The molecule has 2 bridgehead atoms. The van der Waals surface area contributed by atoms with Gasteiger partial charge in [0, 0.05) is 30.7 Å². The summed E-state index contributed by atoms with van der Waals surface area (Å²) in [5.41, 5.74) is 6.76. The van der Waals surface area contributed by atoms with Crippen LogP contribution in [0, 0.1) is 23.1 Å². The maximum Gasteiger partial charge on any atom is 0.242 e. The Bertz CT molecular complexity index is 932. The number of carbonyl (C=O) groups is 2. The molecule has 1 aliphatic carbocycles. The summed E-state index contributed by atoms with van der Waals surface area (Å²) >= 11 is 0. The lowest BCUT2D eigenvalue weighted by molar-refractivity contribution is -0.141. The Kier molecular flexibility index (Phi) is 4.56. The minimum absolute atomic E-state index is 0.00846. The van der Waals surface area contributed by atoms with Gasteiger partial charge in [-0.2, -0.15) is 5.26 Å². The van der Waals surface area contributed by atoms with E-state index in [-0.39, 0.29) is 47.8 Å². The normalized spacial score (nSPS) is 34.1. The predicted octanol–water partition coefficient (Wildman–Crippen LogP) is 1.01. The van der Waals surface area contributed by atoms with Crippen molar-refractivity contribution in [2.24, 2.45) is 11.7 Å². The highest BCUT2D eigenvalue weighted by Crippen LogP contribution is 2.48. The molecule has 2 amide bonds. The van der Waals surface area contributed by atoms with Crippen LogP contribution in [-0.2, 0) is 9.59 Å². The summed E-state index contributed by atoms with van der Waals surface area (Å²) in [5, 5.41) is 9.33. The molecule has 3 heterocycles. The molecule has 1 aromatic carbocycles. The summed E-state index contributed by atoms with van der Waals surface area (Å²) in [6.07, 6.45) is 2.38. The Morgan fingerprint density at radius 3 is 2.80 bits per heavy atom. The third-order valence-corrected chi connectivity index (χ3v) is 7.34. The molecule has 3 aliphatic heterocycles. The van der Waals surface area contributed by atoms with Gasteiger partial charge in [0.05, 0.1) is 24.2 Å². The number of hydrogen-bond donors (Lipinski definition) is 1. The molecule has 4 aliphatic rings. The van der Waals surface area contributed by atoms with E-state index in [1.807, 2.05) is 11.8 Å². The first-order chi connectivity index (χ1) is 14.4. The van der Waals surface area contributed by atoms with Crippen LogP contribution >= 0.6 is 0 Å². The lowest BCUT2D eigenvalue weighted by atomic mass is 10.0. The van der Waals surface area contributed by atoms with Crippen molar-refractivity contribution < 1.29 is 14.0 Å². The molecule has 7 atom stereocenters. The molecule has 0 spiro atoms. The van der Waals surface area contributed by atoms with Gasteiger partial charge in [-0.1, -0.05) is 18.2 Å². The second-order valence-corrected chi connectivity index (χ2v) is 9.10. The van der Waals surface area contributed by atoms with Crippen molar-refractivity contribution in [1.82, 2.24) is 14.7 Å². The average Bonchev–Trinajstić information content (AvgIpc) is 3.07. The van der Waals surface area contributed by atoms with Gasteiger partial charge in [-0.15, -0.1) is 0 Å². The lowest BCUT2D eigenvalue weighted by Crippen LogP contribution is -2.57. The van der Waals surface area contributed by atoms with Crippen molar-refractivity contribution in [3.8, 4) is 6.07 Å². The fraction of sp³-hybridized carbons (Fsp3) is 0.591. The standard InChI is InChI=1S/C22H26FN5O2/c1-12(16-4-2-3-5-17(16)23)27-15-8-20(22(27)30)26(10-15)11-18(25)21(29)28-14(9-24)6-13-7-19(13)28/h2-5,12-15,18-20H,6-8,10-11,25H2,1H3/t12-,13?,14-,15?,18-,19-,20+/m0/s1. The summed E-state index contributed by atoms with van der Waals surface area (Å²) in [6.45, 7) is 2.79. The second-order valence-electron chi connectivity index (χ2n) is 9.10. The maximum absolute atomic E-state index is 14.2. The van der Waals surface area contributed by atoms with Crippen LogP contribution in [-0.4, -0.2) is 69.8 Å². The van der Waals surface area contributed by atoms with Crippen LogP contribution in [0.25, 0.3) is 0 Å². The summed E-state index contributed by atoms with van der Waals surface area (Å²) < 4.78 is 14.2. The number of carbonyl (C=O) groups excluding carboxylic acids is 2.